The Kier molecular flexibility index (Phi) is 5.92. The molecule has 2 aromatic carbocycles. The van der Waals surface area contributed by atoms with E-state index in [-0.39, 0.29) is 5.75 Å². The Morgan fingerprint density at radius 2 is 1.87 bits per heavy atom. The first kappa shape index (κ1) is 20.9. The number of halogens is 3. The summed E-state index contributed by atoms with van der Waals surface area (Å²) < 4.78 is 45.6. The zero-order valence-corrected chi connectivity index (χ0v) is 16.7. The number of nitrogens with one attached hydrogen (secondary N) is 1. The molecule has 0 aliphatic carbocycles. The third kappa shape index (κ3) is 5.04. The van der Waals surface area contributed by atoms with Crippen LogP contribution in [0.3, 0.4) is 0 Å². The standard InChI is InChI=1S/C22H21F3N4O2/c23-22(24,25)16-5-4-6-18(13-16)31-14-20(30)26-17-10-8-15(9-11-17)21-28-27-19-7-2-1-3-12-29(19)21/h4-6,8-11,13H,1-3,7,12,14H2,(H,26,30). The molecule has 0 bridgehead atoms. The minimum Gasteiger partial charge on any atom is -0.484 e. The van der Waals surface area contributed by atoms with E-state index in [1.807, 2.05) is 12.1 Å². The average molecular weight is 430 g/mol. The zero-order chi connectivity index (χ0) is 21.8. The highest BCUT2D eigenvalue weighted by Crippen LogP contribution is 2.31. The largest absolute Gasteiger partial charge is 0.484 e. The molecule has 0 spiro atoms. The Hall–Kier alpha value is -3.36. The Balaban J connectivity index is 1.36. The van der Waals surface area contributed by atoms with Gasteiger partial charge in [0.05, 0.1) is 5.56 Å². The van der Waals surface area contributed by atoms with Gasteiger partial charge in [0, 0.05) is 24.2 Å². The van der Waals surface area contributed by atoms with Gasteiger partial charge >= 0.3 is 6.18 Å². The second-order valence-electron chi connectivity index (χ2n) is 7.34. The number of rotatable bonds is 5. The van der Waals surface area contributed by atoms with Crippen molar-refractivity contribution in [2.24, 2.45) is 0 Å². The van der Waals surface area contributed by atoms with Crippen molar-refractivity contribution in [3.63, 3.8) is 0 Å². The molecular formula is C22H21F3N4O2. The molecule has 4 rings (SSSR count). The van der Waals surface area contributed by atoms with Gasteiger partial charge in [-0.2, -0.15) is 13.2 Å². The summed E-state index contributed by atoms with van der Waals surface area (Å²) in [5, 5.41) is 11.3. The van der Waals surface area contributed by atoms with Crippen LogP contribution in [0, 0.1) is 0 Å². The molecular weight excluding hydrogens is 409 g/mol. The van der Waals surface area contributed by atoms with E-state index in [9.17, 15) is 18.0 Å². The minimum absolute atomic E-state index is 0.0205. The number of aryl methyl sites for hydroxylation is 1. The van der Waals surface area contributed by atoms with Gasteiger partial charge in [0.15, 0.2) is 12.4 Å². The lowest BCUT2D eigenvalue weighted by Crippen LogP contribution is -2.20. The van der Waals surface area contributed by atoms with E-state index in [0.29, 0.717) is 5.69 Å². The zero-order valence-electron chi connectivity index (χ0n) is 16.7. The van der Waals surface area contributed by atoms with Crippen LogP contribution in [0.4, 0.5) is 18.9 Å². The summed E-state index contributed by atoms with van der Waals surface area (Å²) in [6.07, 6.45) is -0.154. The SMILES string of the molecule is O=C(COc1cccc(C(F)(F)F)c1)Nc1ccc(-c2nnc3n2CCCCC3)cc1. The number of carbonyl (C=O) groups excluding carboxylic acids is 1. The molecule has 0 saturated carbocycles. The maximum absolute atomic E-state index is 12.8. The lowest BCUT2D eigenvalue weighted by molar-refractivity contribution is -0.137. The van der Waals surface area contributed by atoms with Gasteiger partial charge in [-0.05, 0) is 55.3 Å². The summed E-state index contributed by atoms with van der Waals surface area (Å²) in [4.78, 5) is 12.1. The van der Waals surface area contributed by atoms with Crippen LogP contribution in [0.5, 0.6) is 5.75 Å². The minimum atomic E-state index is -4.47. The van der Waals surface area contributed by atoms with Crippen LogP contribution in [-0.4, -0.2) is 27.3 Å². The summed E-state index contributed by atoms with van der Waals surface area (Å²) >= 11 is 0. The van der Waals surface area contributed by atoms with E-state index in [2.05, 4.69) is 20.1 Å². The summed E-state index contributed by atoms with van der Waals surface area (Å²) in [5.41, 5.74) is 0.628. The van der Waals surface area contributed by atoms with Crippen LogP contribution < -0.4 is 10.1 Å². The van der Waals surface area contributed by atoms with Crippen LogP contribution in [-0.2, 0) is 23.9 Å². The van der Waals surface area contributed by atoms with Gasteiger partial charge in [-0.1, -0.05) is 12.5 Å². The monoisotopic (exact) mass is 430 g/mol. The van der Waals surface area contributed by atoms with Crippen molar-refractivity contribution in [2.75, 3.05) is 11.9 Å². The van der Waals surface area contributed by atoms with Gasteiger partial charge in [-0.15, -0.1) is 10.2 Å². The fourth-order valence-electron chi connectivity index (χ4n) is 3.51. The van der Waals surface area contributed by atoms with E-state index in [4.69, 9.17) is 4.74 Å². The van der Waals surface area contributed by atoms with Crippen LogP contribution in [0.2, 0.25) is 0 Å². The summed E-state index contributed by atoms with van der Waals surface area (Å²) in [6.45, 7) is 0.490. The van der Waals surface area contributed by atoms with E-state index < -0.39 is 24.3 Å². The van der Waals surface area contributed by atoms with E-state index in [1.54, 1.807) is 12.1 Å². The lowest BCUT2D eigenvalue weighted by Gasteiger charge is -2.11. The highest BCUT2D eigenvalue weighted by atomic mass is 19.4. The van der Waals surface area contributed by atoms with Crippen molar-refractivity contribution >= 4 is 11.6 Å². The summed E-state index contributed by atoms with van der Waals surface area (Å²) in [7, 11) is 0. The molecule has 31 heavy (non-hydrogen) atoms. The molecule has 0 atom stereocenters. The van der Waals surface area contributed by atoms with E-state index in [0.717, 1.165) is 55.2 Å². The smallest absolute Gasteiger partial charge is 0.416 e. The number of alkyl halides is 3. The van der Waals surface area contributed by atoms with Crippen molar-refractivity contribution in [3.8, 4) is 17.1 Å². The fourth-order valence-corrected chi connectivity index (χ4v) is 3.51. The lowest BCUT2D eigenvalue weighted by atomic mass is 10.2. The molecule has 1 aromatic heterocycles. The van der Waals surface area contributed by atoms with Crippen molar-refractivity contribution in [3.05, 3.63) is 59.9 Å². The Labute approximate surface area is 177 Å². The molecule has 9 heteroatoms. The second kappa shape index (κ2) is 8.79. The topological polar surface area (TPSA) is 69.0 Å². The highest BCUT2D eigenvalue weighted by molar-refractivity contribution is 5.92. The number of benzene rings is 2. The van der Waals surface area contributed by atoms with Gasteiger partial charge in [-0.25, -0.2) is 0 Å². The molecule has 0 radical (unpaired) electrons. The van der Waals surface area contributed by atoms with Gasteiger partial charge in [0.1, 0.15) is 11.6 Å². The third-order valence-electron chi connectivity index (χ3n) is 5.07. The van der Waals surface area contributed by atoms with Gasteiger partial charge < -0.3 is 14.6 Å². The van der Waals surface area contributed by atoms with Crippen molar-refractivity contribution in [2.45, 2.75) is 38.4 Å². The number of fused-ring (bicyclic) bond motifs is 1. The normalized spacial score (nSPS) is 13.9. The first-order chi connectivity index (χ1) is 14.9. The average Bonchev–Trinajstić information content (AvgIpc) is 3.00. The number of carbonyl (C=O) groups is 1. The molecule has 162 valence electrons. The van der Waals surface area contributed by atoms with Crippen LogP contribution in [0.15, 0.2) is 48.5 Å². The molecule has 0 saturated heterocycles. The number of aromatic nitrogens is 3. The first-order valence-electron chi connectivity index (χ1n) is 10.0. The molecule has 1 N–H and O–H groups in total. The number of hydrogen-bond acceptors (Lipinski definition) is 4. The summed E-state index contributed by atoms with van der Waals surface area (Å²) in [5.74, 6) is 1.31. The predicted octanol–water partition coefficient (Wildman–Crippen LogP) is 4.71. The molecule has 6 nitrogen and oxygen atoms in total. The molecule has 0 unspecified atom stereocenters. The van der Waals surface area contributed by atoms with Crippen molar-refractivity contribution in [1.29, 1.82) is 0 Å². The quantitative estimate of drug-likeness (QED) is 0.637. The third-order valence-corrected chi connectivity index (χ3v) is 5.07. The Morgan fingerprint density at radius 3 is 2.65 bits per heavy atom. The number of anilines is 1. The Morgan fingerprint density at radius 1 is 1.06 bits per heavy atom. The molecule has 1 aliphatic rings. The fraction of sp³-hybridized carbons (Fsp3) is 0.318. The van der Waals surface area contributed by atoms with E-state index in [1.165, 1.54) is 18.6 Å². The molecule has 1 aliphatic heterocycles. The van der Waals surface area contributed by atoms with Crippen molar-refractivity contribution < 1.29 is 22.7 Å². The Bertz CT molecular complexity index is 1060. The van der Waals surface area contributed by atoms with E-state index >= 15 is 0 Å². The maximum Gasteiger partial charge on any atom is 0.416 e. The van der Waals surface area contributed by atoms with Gasteiger partial charge in [-0.3, -0.25) is 4.79 Å². The second-order valence-corrected chi connectivity index (χ2v) is 7.34. The number of nitrogens with zero attached hydrogens (tertiary/aromatic N) is 3. The van der Waals surface area contributed by atoms with Crippen LogP contribution in [0.25, 0.3) is 11.4 Å². The highest BCUT2D eigenvalue weighted by Gasteiger charge is 2.30. The first-order valence-corrected chi connectivity index (χ1v) is 10.0. The molecule has 1 amide bonds. The predicted molar refractivity (Wildman–Crippen MR) is 109 cm³/mol. The molecule has 2 heterocycles. The summed E-state index contributed by atoms with van der Waals surface area (Å²) in [6, 6.07) is 11.6. The number of ether oxygens (including phenoxy) is 1. The molecule has 3 aromatic rings. The van der Waals surface area contributed by atoms with Gasteiger partial charge in [0.2, 0.25) is 0 Å². The van der Waals surface area contributed by atoms with Gasteiger partial charge in [0.25, 0.3) is 5.91 Å². The van der Waals surface area contributed by atoms with Crippen LogP contribution in [0.1, 0.15) is 30.7 Å². The molecule has 0 fully saturated rings. The van der Waals surface area contributed by atoms with Crippen molar-refractivity contribution in [1.82, 2.24) is 14.8 Å². The number of hydrogen-bond donors (Lipinski definition) is 1. The van der Waals surface area contributed by atoms with Crippen LogP contribution >= 0.6 is 0 Å². The maximum atomic E-state index is 12.8. The number of amides is 1.